The van der Waals surface area contributed by atoms with Gasteiger partial charge in [0.15, 0.2) is 0 Å². The van der Waals surface area contributed by atoms with Crippen LogP contribution in [0.5, 0.6) is 0 Å². The minimum absolute atomic E-state index is 0.0459. The van der Waals surface area contributed by atoms with Crippen LogP contribution in [0.2, 0.25) is 0 Å². The van der Waals surface area contributed by atoms with Crippen molar-refractivity contribution in [3.05, 3.63) is 30.5 Å². The Bertz CT molecular complexity index is 865. The molecule has 1 aromatic heterocycles. The zero-order valence-electron chi connectivity index (χ0n) is 14.7. The van der Waals surface area contributed by atoms with Crippen molar-refractivity contribution < 1.29 is 13.2 Å². The summed E-state index contributed by atoms with van der Waals surface area (Å²) in [6, 6.07) is 7.15. The van der Waals surface area contributed by atoms with Crippen LogP contribution in [-0.4, -0.2) is 42.8 Å². The normalized spacial score (nSPS) is 17.0. The molecule has 7 heteroatoms. The maximum atomic E-state index is 12.9. The fourth-order valence-electron chi connectivity index (χ4n) is 3.32. The number of piperidine rings is 1. The van der Waals surface area contributed by atoms with Crippen LogP contribution in [0.25, 0.3) is 10.9 Å². The van der Waals surface area contributed by atoms with Gasteiger partial charge in [0.25, 0.3) is 0 Å². The fourth-order valence-corrected chi connectivity index (χ4v) is 4.83. The number of amides is 1. The Morgan fingerprint density at radius 3 is 2.64 bits per heavy atom. The number of hydrogen-bond acceptors (Lipinski definition) is 3. The van der Waals surface area contributed by atoms with Gasteiger partial charge in [-0.2, -0.15) is 4.31 Å². The SMILES string of the molecule is CCCNC(=O)C1CCN(S(=O)(=O)c2ccc3c(ccn3C)c2)CC1. The first-order valence-electron chi connectivity index (χ1n) is 8.76. The molecule has 136 valence electrons. The molecule has 1 N–H and O–H groups in total. The van der Waals surface area contributed by atoms with Gasteiger partial charge in [-0.15, -0.1) is 0 Å². The number of nitrogens with one attached hydrogen (secondary N) is 1. The van der Waals surface area contributed by atoms with E-state index in [1.165, 1.54) is 4.31 Å². The maximum absolute atomic E-state index is 12.9. The van der Waals surface area contributed by atoms with E-state index in [0.29, 0.717) is 37.4 Å². The van der Waals surface area contributed by atoms with Crippen molar-refractivity contribution >= 4 is 26.8 Å². The first-order valence-corrected chi connectivity index (χ1v) is 10.2. The Morgan fingerprint density at radius 2 is 1.96 bits per heavy atom. The maximum Gasteiger partial charge on any atom is 0.243 e. The van der Waals surface area contributed by atoms with E-state index in [1.54, 1.807) is 12.1 Å². The van der Waals surface area contributed by atoms with Gasteiger partial charge in [0.05, 0.1) is 4.90 Å². The number of aromatic nitrogens is 1. The van der Waals surface area contributed by atoms with E-state index >= 15 is 0 Å². The van der Waals surface area contributed by atoms with Gasteiger partial charge in [-0.25, -0.2) is 8.42 Å². The van der Waals surface area contributed by atoms with Crippen molar-refractivity contribution in [3.8, 4) is 0 Å². The first kappa shape index (κ1) is 17.9. The van der Waals surface area contributed by atoms with Crippen molar-refractivity contribution in [2.24, 2.45) is 13.0 Å². The lowest BCUT2D eigenvalue weighted by Gasteiger charge is -2.30. The second-order valence-corrected chi connectivity index (χ2v) is 8.55. The number of nitrogens with zero attached hydrogens (tertiary/aromatic N) is 2. The quantitative estimate of drug-likeness (QED) is 0.884. The van der Waals surface area contributed by atoms with Crippen LogP contribution in [-0.2, 0) is 21.9 Å². The van der Waals surface area contributed by atoms with Crippen LogP contribution in [0, 0.1) is 5.92 Å². The molecule has 2 heterocycles. The second-order valence-electron chi connectivity index (χ2n) is 6.62. The summed E-state index contributed by atoms with van der Waals surface area (Å²) in [5.41, 5.74) is 1.00. The van der Waals surface area contributed by atoms with Crippen molar-refractivity contribution in [1.82, 2.24) is 14.2 Å². The van der Waals surface area contributed by atoms with E-state index in [2.05, 4.69) is 5.32 Å². The molecule has 0 bridgehead atoms. The molecule has 2 aromatic rings. The van der Waals surface area contributed by atoms with Gasteiger partial charge in [0, 0.05) is 49.7 Å². The van der Waals surface area contributed by atoms with Crippen LogP contribution in [0.3, 0.4) is 0 Å². The molecule has 0 saturated carbocycles. The van der Waals surface area contributed by atoms with Gasteiger partial charge in [-0.1, -0.05) is 6.92 Å². The molecule has 0 unspecified atom stereocenters. The number of benzene rings is 1. The Morgan fingerprint density at radius 1 is 1.24 bits per heavy atom. The van der Waals surface area contributed by atoms with Crippen molar-refractivity contribution in [1.29, 1.82) is 0 Å². The summed E-state index contributed by atoms with van der Waals surface area (Å²) >= 11 is 0. The lowest BCUT2D eigenvalue weighted by molar-refractivity contribution is -0.126. The van der Waals surface area contributed by atoms with Gasteiger partial charge in [0.1, 0.15) is 0 Å². The summed E-state index contributed by atoms with van der Waals surface area (Å²) in [5.74, 6) is -0.0424. The number of sulfonamides is 1. The Balaban J connectivity index is 1.71. The predicted molar refractivity (Wildman–Crippen MR) is 97.7 cm³/mol. The van der Waals surface area contributed by atoms with E-state index in [1.807, 2.05) is 36.9 Å². The predicted octanol–water partition coefficient (Wildman–Crippen LogP) is 2.11. The highest BCUT2D eigenvalue weighted by Crippen LogP contribution is 2.26. The number of hydrogen-bond donors (Lipinski definition) is 1. The van der Waals surface area contributed by atoms with Gasteiger partial charge in [-0.3, -0.25) is 4.79 Å². The summed E-state index contributed by atoms with van der Waals surface area (Å²) in [5, 5.41) is 3.81. The minimum Gasteiger partial charge on any atom is -0.356 e. The molecule has 0 spiro atoms. The molecule has 0 atom stereocenters. The summed E-state index contributed by atoms with van der Waals surface area (Å²) in [4.78, 5) is 12.4. The fraction of sp³-hybridized carbons (Fsp3) is 0.500. The van der Waals surface area contributed by atoms with Crippen molar-refractivity contribution in [3.63, 3.8) is 0 Å². The number of carbonyl (C=O) groups excluding carboxylic acids is 1. The molecule has 1 fully saturated rings. The number of rotatable bonds is 5. The third-order valence-electron chi connectivity index (χ3n) is 4.87. The molecule has 6 nitrogen and oxygen atoms in total. The number of carbonyl (C=O) groups is 1. The average molecular weight is 363 g/mol. The third-order valence-corrected chi connectivity index (χ3v) is 6.76. The van der Waals surface area contributed by atoms with Crippen LogP contribution in [0.15, 0.2) is 35.4 Å². The second kappa shape index (κ2) is 7.17. The largest absolute Gasteiger partial charge is 0.356 e. The van der Waals surface area contributed by atoms with Gasteiger partial charge in [0.2, 0.25) is 15.9 Å². The average Bonchev–Trinajstić information content (AvgIpc) is 3.00. The molecule has 3 rings (SSSR count). The Hall–Kier alpha value is -1.86. The highest BCUT2D eigenvalue weighted by Gasteiger charge is 2.32. The molecule has 1 aromatic carbocycles. The molecule has 0 aliphatic carbocycles. The van der Waals surface area contributed by atoms with E-state index in [9.17, 15) is 13.2 Å². The van der Waals surface area contributed by atoms with Crippen molar-refractivity contribution in [2.45, 2.75) is 31.1 Å². The minimum atomic E-state index is -3.52. The lowest BCUT2D eigenvalue weighted by atomic mass is 9.97. The number of aryl methyl sites for hydroxylation is 1. The summed E-state index contributed by atoms with van der Waals surface area (Å²) in [6.45, 7) is 3.46. The summed E-state index contributed by atoms with van der Waals surface area (Å²) < 4.78 is 29.3. The topological polar surface area (TPSA) is 71.4 Å². The van der Waals surface area contributed by atoms with E-state index in [4.69, 9.17) is 0 Å². The molecule has 0 radical (unpaired) electrons. The van der Waals surface area contributed by atoms with Crippen LogP contribution in [0.4, 0.5) is 0 Å². The van der Waals surface area contributed by atoms with Gasteiger partial charge >= 0.3 is 0 Å². The molecule has 25 heavy (non-hydrogen) atoms. The molecule has 1 aliphatic rings. The Kier molecular flexibility index (Phi) is 5.15. The molecule has 1 saturated heterocycles. The molecule has 1 amide bonds. The summed E-state index contributed by atoms with van der Waals surface area (Å²) in [7, 11) is -1.58. The summed E-state index contributed by atoms with van der Waals surface area (Å²) in [6.07, 6.45) is 3.97. The standard InChI is InChI=1S/C18H25N3O3S/c1-3-9-19-18(22)14-7-11-21(12-8-14)25(23,24)16-4-5-17-15(13-16)6-10-20(17)2/h4-6,10,13-14H,3,7-9,11-12H2,1-2H3,(H,19,22). The van der Waals surface area contributed by atoms with E-state index < -0.39 is 10.0 Å². The van der Waals surface area contributed by atoms with Gasteiger partial charge in [-0.05, 0) is 43.5 Å². The van der Waals surface area contributed by atoms with E-state index in [0.717, 1.165) is 17.3 Å². The molecular weight excluding hydrogens is 338 g/mol. The van der Waals surface area contributed by atoms with Gasteiger partial charge < -0.3 is 9.88 Å². The zero-order valence-corrected chi connectivity index (χ0v) is 15.6. The van der Waals surface area contributed by atoms with Crippen LogP contribution >= 0.6 is 0 Å². The van der Waals surface area contributed by atoms with Crippen LogP contribution < -0.4 is 5.32 Å². The Labute approximate surface area is 148 Å². The highest BCUT2D eigenvalue weighted by atomic mass is 32.2. The van der Waals surface area contributed by atoms with E-state index in [-0.39, 0.29) is 11.8 Å². The smallest absolute Gasteiger partial charge is 0.243 e. The lowest BCUT2D eigenvalue weighted by Crippen LogP contribution is -2.43. The third kappa shape index (κ3) is 3.57. The highest BCUT2D eigenvalue weighted by molar-refractivity contribution is 7.89. The monoisotopic (exact) mass is 363 g/mol. The molecule has 1 aliphatic heterocycles. The number of fused-ring (bicyclic) bond motifs is 1. The zero-order chi connectivity index (χ0) is 18.0. The first-order chi connectivity index (χ1) is 11.9. The van der Waals surface area contributed by atoms with Crippen LogP contribution in [0.1, 0.15) is 26.2 Å². The van der Waals surface area contributed by atoms with Crippen molar-refractivity contribution in [2.75, 3.05) is 19.6 Å². The molecular formula is C18H25N3O3S.